The van der Waals surface area contributed by atoms with E-state index < -0.39 is 0 Å². The highest BCUT2D eigenvalue weighted by Crippen LogP contribution is 2.17. The normalized spacial score (nSPS) is 10.5. The average molecular weight is 220 g/mol. The first-order chi connectivity index (χ1) is 7.24. The molecule has 0 aliphatic rings. The Balaban J connectivity index is 2.61. The van der Waals surface area contributed by atoms with Crippen LogP contribution in [0.5, 0.6) is 5.88 Å². The van der Waals surface area contributed by atoms with Crippen LogP contribution in [-0.4, -0.2) is 14.2 Å². The van der Waals surface area contributed by atoms with Gasteiger partial charge in [0.15, 0.2) is 4.77 Å². The Bertz CT molecular complexity index is 513. The van der Waals surface area contributed by atoms with Gasteiger partial charge in [-0.15, -0.1) is 0 Å². The van der Waals surface area contributed by atoms with E-state index in [2.05, 4.69) is 0 Å². The Kier molecular flexibility index (Phi) is 2.60. The van der Waals surface area contributed by atoms with Crippen molar-refractivity contribution in [3.63, 3.8) is 0 Å². The van der Waals surface area contributed by atoms with Gasteiger partial charge < -0.3 is 5.11 Å². The van der Waals surface area contributed by atoms with Crippen LogP contribution in [0.15, 0.2) is 36.5 Å². The Morgan fingerprint density at radius 2 is 1.93 bits per heavy atom. The van der Waals surface area contributed by atoms with Gasteiger partial charge in [-0.05, 0) is 31.3 Å². The van der Waals surface area contributed by atoms with Crippen molar-refractivity contribution in [1.82, 2.24) is 9.13 Å². The minimum atomic E-state index is 0.200. The molecule has 0 unspecified atom stereocenters. The zero-order chi connectivity index (χ0) is 10.8. The number of aromatic hydroxyl groups is 1. The summed E-state index contributed by atoms with van der Waals surface area (Å²) >= 11 is 5.26. The molecule has 4 heteroatoms. The van der Waals surface area contributed by atoms with Crippen molar-refractivity contribution in [2.75, 3.05) is 0 Å². The second-order valence-corrected chi connectivity index (χ2v) is 3.58. The molecule has 3 nitrogen and oxygen atoms in total. The standard InChI is InChI=1S/C11H12N2OS/c1-2-12-10(14)8-13(11(12)15)9-6-4-3-5-7-9/h3-8,14H,2H2,1H3. The number of hydrogen-bond donors (Lipinski definition) is 1. The Morgan fingerprint density at radius 1 is 1.27 bits per heavy atom. The van der Waals surface area contributed by atoms with Crippen molar-refractivity contribution in [1.29, 1.82) is 0 Å². The van der Waals surface area contributed by atoms with Crippen LogP contribution in [0.2, 0.25) is 0 Å². The van der Waals surface area contributed by atoms with Crippen LogP contribution in [0.3, 0.4) is 0 Å². The summed E-state index contributed by atoms with van der Waals surface area (Å²) in [6, 6.07) is 9.74. The Morgan fingerprint density at radius 3 is 2.47 bits per heavy atom. The molecule has 0 radical (unpaired) electrons. The van der Waals surface area contributed by atoms with Gasteiger partial charge in [0.25, 0.3) is 0 Å². The molecule has 0 spiro atoms. The molecule has 1 heterocycles. The van der Waals surface area contributed by atoms with E-state index >= 15 is 0 Å². The van der Waals surface area contributed by atoms with E-state index in [4.69, 9.17) is 12.2 Å². The summed E-state index contributed by atoms with van der Waals surface area (Å²) in [6.45, 7) is 2.62. The van der Waals surface area contributed by atoms with Crippen molar-refractivity contribution >= 4 is 12.2 Å². The van der Waals surface area contributed by atoms with E-state index in [1.54, 1.807) is 15.3 Å². The molecule has 0 aliphatic carbocycles. The van der Waals surface area contributed by atoms with Gasteiger partial charge >= 0.3 is 0 Å². The monoisotopic (exact) mass is 220 g/mol. The summed E-state index contributed by atoms with van der Waals surface area (Å²) in [5.41, 5.74) is 0.963. The van der Waals surface area contributed by atoms with E-state index in [1.165, 1.54) is 0 Å². The number of hydrogen-bond acceptors (Lipinski definition) is 2. The molecule has 1 N–H and O–H groups in total. The largest absolute Gasteiger partial charge is 0.493 e. The second kappa shape index (κ2) is 3.90. The molecule has 0 amide bonds. The van der Waals surface area contributed by atoms with Gasteiger partial charge in [-0.2, -0.15) is 0 Å². The quantitative estimate of drug-likeness (QED) is 0.789. The van der Waals surface area contributed by atoms with Crippen LogP contribution in [-0.2, 0) is 6.54 Å². The number of benzene rings is 1. The van der Waals surface area contributed by atoms with E-state index in [1.807, 2.05) is 37.3 Å². The summed E-state index contributed by atoms with van der Waals surface area (Å²) in [5, 5.41) is 9.65. The third-order valence-corrected chi connectivity index (χ3v) is 2.73. The fourth-order valence-corrected chi connectivity index (χ4v) is 1.92. The van der Waals surface area contributed by atoms with Crippen molar-refractivity contribution in [2.45, 2.75) is 13.5 Å². The molecule has 78 valence electrons. The van der Waals surface area contributed by atoms with E-state index in [0.29, 0.717) is 11.3 Å². The van der Waals surface area contributed by atoms with E-state index in [9.17, 15) is 5.11 Å². The van der Waals surface area contributed by atoms with Gasteiger partial charge in [-0.25, -0.2) is 0 Å². The molecular weight excluding hydrogens is 208 g/mol. The zero-order valence-corrected chi connectivity index (χ0v) is 9.24. The highest BCUT2D eigenvalue weighted by Gasteiger charge is 2.06. The van der Waals surface area contributed by atoms with Gasteiger partial charge in [0, 0.05) is 12.2 Å². The van der Waals surface area contributed by atoms with Crippen LogP contribution < -0.4 is 0 Å². The fraction of sp³-hybridized carbons (Fsp3) is 0.182. The summed E-state index contributed by atoms with van der Waals surface area (Å²) < 4.78 is 4.09. The predicted octanol–water partition coefficient (Wildman–Crippen LogP) is 2.73. The maximum absolute atomic E-state index is 9.65. The zero-order valence-electron chi connectivity index (χ0n) is 8.42. The fourth-order valence-electron chi connectivity index (χ4n) is 1.54. The molecule has 0 atom stereocenters. The number of imidazole rings is 1. The smallest absolute Gasteiger partial charge is 0.210 e. The minimum Gasteiger partial charge on any atom is -0.493 e. The van der Waals surface area contributed by atoms with Crippen LogP contribution in [0.25, 0.3) is 5.69 Å². The maximum atomic E-state index is 9.65. The lowest BCUT2D eigenvalue weighted by atomic mass is 10.3. The highest BCUT2D eigenvalue weighted by atomic mass is 32.1. The first kappa shape index (κ1) is 9.98. The SMILES string of the molecule is CCn1c(O)cn(-c2ccccc2)c1=S. The summed E-state index contributed by atoms with van der Waals surface area (Å²) in [4.78, 5) is 0. The minimum absolute atomic E-state index is 0.200. The summed E-state index contributed by atoms with van der Waals surface area (Å²) in [5.74, 6) is 0.200. The molecule has 1 aromatic carbocycles. The molecule has 1 aromatic heterocycles. The summed E-state index contributed by atoms with van der Waals surface area (Å²) in [6.07, 6.45) is 1.64. The molecule has 2 aromatic rings. The molecule has 15 heavy (non-hydrogen) atoms. The van der Waals surface area contributed by atoms with Crippen LogP contribution in [0.1, 0.15) is 6.92 Å². The van der Waals surface area contributed by atoms with Gasteiger partial charge in [-0.3, -0.25) is 9.13 Å². The Hall–Kier alpha value is -1.55. The van der Waals surface area contributed by atoms with Gasteiger partial charge in [0.2, 0.25) is 5.88 Å². The van der Waals surface area contributed by atoms with Crippen molar-refractivity contribution in [3.05, 3.63) is 41.3 Å². The lowest BCUT2D eigenvalue weighted by Crippen LogP contribution is -1.97. The van der Waals surface area contributed by atoms with Crippen molar-refractivity contribution in [3.8, 4) is 11.6 Å². The predicted molar refractivity (Wildman–Crippen MR) is 61.9 cm³/mol. The number of rotatable bonds is 2. The molecule has 0 aliphatic heterocycles. The van der Waals surface area contributed by atoms with Crippen molar-refractivity contribution in [2.24, 2.45) is 0 Å². The van der Waals surface area contributed by atoms with Gasteiger partial charge in [0.1, 0.15) is 0 Å². The van der Waals surface area contributed by atoms with Crippen LogP contribution in [0.4, 0.5) is 0 Å². The molecule has 0 saturated carbocycles. The molecular formula is C11H12N2OS. The van der Waals surface area contributed by atoms with E-state index in [-0.39, 0.29) is 5.88 Å². The maximum Gasteiger partial charge on any atom is 0.210 e. The second-order valence-electron chi connectivity index (χ2n) is 3.22. The van der Waals surface area contributed by atoms with Gasteiger partial charge in [0.05, 0.1) is 6.20 Å². The van der Waals surface area contributed by atoms with Gasteiger partial charge in [-0.1, -0.05) is 18.2 Å². The average Bonchev–Trinajstić information content (AvgIpc) is 2.55. The molecule has 2 rings (SSSR count). The topological polar surface area (TPSA) is 30.1 Å². The molecule has 0 fully saturated rings. The third kappa shape index (κ3) is 1.68. The van der Waals surface area contributed by atoms with Crippen molar-refractivity contribution < 1.29 is 5.11 Å². The summed E-state index contributed by atoms with van der Waals surface area (Å²) in [7, 11) is 0. The number of aromatic nitrogens is 2. The van der Waals surface area contributed by atoms with Crippen LogP contribution >= 0.6 is 12.2 Å². The molecule has 0 bridgehead atoms. The molecule has 0 saturated heterocycles. The van der Waals surface area contributed by atoms with Crippen LogP contribution in [0, 0.1) is 4.77 Å². The first-order valence-corrected chi connectivity index (χ1v) is 5.21. The lowest BCUT2D eigenvalue weighted by molar-refractivity contribution is 0.420. The number of para-hydroxylation sites is 1. The first-order valence-electron chi connectivity index (χ1n) is 4.80. The number of nitrogens with zero attached hydrogens (tertiary/aromatic N) is 2. The van der Waals surface area contributed by atoms with E-state index in [0.717, 1.165) is 5.69 Å². The lowest BCUT2D eigenvalue weighted by Gasteiger charge is -2.01. The Labute approximate surface area is 93.2 Å². The highest BCUT2D eigenvalue weighted by molar-refractivity contribution is 7.71. The third-order valence-electron chi connectivity index (χ3n) is 2.31.